The van der Waals surface area contributed by atoms with E-state index < -0.39 is 20.7 Å². The molecule has 0 atom stereocenters. The Hall–Kier alpha value is -2.28. The first-order valence-corrected chi connectivity index (χ1v) is 7.63. The van der Waals surface area contributed by atoms with Gasteiger partial charge in [0.15, 0.2) is 0 Å². The number of sulfonamides is 1. The van der Waals surface area contributed by atoms with Crippen LogP contribution in [0.1, 0.15) is 0 Å². The van der Waals surface area contributed by atoms with Crippen LogP contribution in [0.3, 0.4) is 0 Å². The molecule has 0 unspecified atom stereocenters. The van der Waals surface area contributed by atoms with Gasteiger partial charge in [-0.15, -0.1) is 0 Å². The minimum absolute atomic E-state index is 0.168. The summed E-state index contributed by atoms with van der Waals surface area (Å²) in [6.45, 7) is 0. The Morgan fingerprint density at radius 2 is 1.86 bits per heavy atom. The molecule has 2 rings (SSSR count). The number of hydrogen-bond acceptors (Lipinski definition) is 4. The molecule has 7 heteroatoms. The number of hydrogen-bond donors (Lipinski definition) is 2. The van der Waals surface area contributed by atoms with Crippen LogP contribution in [0.4, 0.5) is 21.5 Å². The van der Waals surface area contributed by atoms with Crippen LogP contribution in [0.2, 0.25) is 0 Å². The maximum absolute atomic E-state index is 13.7. The zero-order valence-corrected chi connectivity index (χ0v) is 12.5. The first-order chi connectivity index (χ1) is 9.79. The SMILES string of the molecule is CN(C)c1cccc(NS(=O)(=O)c2ccc(N)cc2F)c1. The second-order valence-corrected chi connectivity index (χ2v) is 6.39. The molecule has 0 heterocycles. The van der Waals surface area contributed by atoms with Crippen LogP contribution >= 0.6 is 0 Å². The Bertz CT molecular complexity index is 761. The Morgan fingerprint density at radius 1 is 1.14 bits per heavy atom. The monoisotopic (exact) mass is 309 g/mol. The summed E-state index contributed by atoms with van der Waals surface area (Å²) in [5.41, 5.74) is 6.77. The maximum atomic E-state index is 13.7. The quantitative estimate of drug-likeness (QED) is 0.850. The van der Waals surface area contributed by atoms with Gasteiger partial charge in [0, 0.05) is 25.5 Å². The largest absolute Gasteiger partial charge is 0.399 e. The summed E-state index contributed by atoms with van der Waals surface area (Å²) >= 11 is 0. The van der Waals surface area contributed by atoms with E-state index in [2.05, 4.69) is 4.72 Å². The molecule has 0 aliphatic rings. The molecule has 0 saturated heterocycles. The van der Waals surface area contributed by atoms with E-state index in [0.717, 1.165) is 17.8 Å². The Balaban J connectivity index is 2.35. The third-order valence-electron chi connectivity index (χ3n) is 2.86. The van der Waals surface area contributed by atoms with Gasteiger partial charge < -0.3 is 10.6 Å². The van der Waals surface area contributed by atoms with Crippen molar-refractivity contribution in [2.45, 2.75) is 4.90 Å². The van der Waals surface area contributed by atoms with Crippen molar-refractivity contribution in [1.29, 1.82) is 0 Å². The number of halogens is 1. The van der Waals surface area contributed by atoms with E-state index in [1.807, 2.05) is 25.1 Å². The minimum atomic E-state index is -4.00. The summed E-state index contributed by atoms with van der Waals surface area (Å²) < 4.78 is 40.5. The second kappa shape index (κ2) is 5.61. The van der Waals surface area contributed by atoms with Crippen molar-refractivity contribution < 1.29 is 12.8 Å². The van der Waals surface area contributed by atoms with Crippen molar-refractivity contribution in [1.82, 2.24) is 0 Å². The van der Waals surface area contributed by atoms with E-state index >= 15 is 0 Å². The van der Waals surface area contributed by atoms with Gasteiger partial charge in [0.25, 0.3) is 10.0 Å². The fourth-order valence-electron chi connectivity index (χ4n) is 1.79. The molecule has 0 fully saturated rings. The van der Waals surface area contributed by atoms with Crippen molar-refractivity contribution in [2.24, 2.45) is 0 Å². The topological polar surface area (TPSA) is 75.4 Å². The van der Waals surface area contributed by atoms with E-state index in [9.17, 15) is 12.8 Å². The highest BCUT2D eigenvalue weighted by atomic mass is 32.2. The molecule has 0 spiro atoms. The van der Waals surface area contributed by atoms with Gasteiger partial charge in [-0.1, -0.05) is 6.07 Å². The highest BCUT2D eigenvalue weighted by molar-refractivity contribution is 7.92. The predicted molar refractivity (Wildman–Crippen MR) is 82.4 cm³/mol. The summed E-state index contributed by atoms with van der Waals surface area (Å²) in [6.07, 6.45) is 0. The Labute approximate surface area is 123 Å². The zero-order chi connectivity index (χ0) is 15.6. The zero-order valence-electron chi connectivity index (χ0n) is 11.7. The first kappa shape index (κ1) is 15.1. The lowest BCUT2D eigenvalue weighted by Crippen LogP contribution is -2.15. The summed E-state index contributed by atoms with van der Waals surface area (Å²) in [6, 6.07) is 10.3. The average Bonchev–Trinajstić information content (AvgIpc) is 2.37. The van der Waals surface area contributed by atoms with Crippen molar-refractivity contribution in [3.8, 4) is 0 Å². The molecule has 0 bridgehead atoms. The molecular weight excluding hydrogens is 293 g/mol. The van der Waals surface area contributed by atoms with Gasteiger partial charge in [-0.25, -0.2) is 12.8 Å². The van der Waals surface area contributed by atoms with Crippen LogP contribution in [0, 0.1) is 5.82 Å². The number of anilines is 3. The molecule has 0 aliphatic carbocycles. The molecule has 0 radical (unpaired) electrons. The number of rotatable bonds is 4. The lowest BCUT2D eigenvalue weighted by Gasteiger charge is -2.15. The Morgan fingerprint density at radius 3 is 2.48 bits per heavy atom. The molecule has 0 saturated carbocycles. The fourth-order valence-corrected chi connectivity index (χ4v) is 2.90. The highest BCUT2D eigenvalue weighted by Crippen LogP contribution is 2.23. The maximum Gasteiger partial charge on any atom is 0.264 e. The van der Waals surface area contributed by atoms with Gasteiger partial charge in [-0.2, -0.15) is 0 Å². The van der Waals surface area contributed by atoms with Gasteiger partial charge in [0.2, 0.25) is 0 Å². The lowest BCUT2D eigenvalue weighted by atomic mass is 10.3. The van der Waals surface area contributed by atoms with Gasteiger partial charge in [0.05, 0.1) is 5.69 Å². The van der Waals surface area contributed by atoms with Gasteiger partial charge in [0.1, 0.15) is 10.7 Å². The van der Waals surface area contributed by atoms with Gasteiger partial charge in [-0.3, -0.25) is 4.72 Å². The van der Waals surface area contributed by atoms with Crippen LogP contribution in [0.25, 0.3) is 0 Å². The molecule has 0 amide bonds. The smallest absolute Gasteiger partial charge is 0.264 e. The molecule has 5 nitrogen and oxygen atoms in total. The Kier molecular flexibility index (Phi) is 4.04. The number of nitrogens with two attached hydrogens (primary N) is 1. The van der Waals surface area contributed by atoms with E-state index in [1.165, 1.54) is 6.07 Å². The average molecular weight is 309 g/mol. The highest BCUT2D eigenvalue weighted by Gasteiger charge is 2.19. The first-order valence-electron chi connectivity index (χ1n) is 6.15. The summed E-state index contributed by atoms with van der Waals surface area (Å²) in [4.78, 5) is 1.40. The molecule has 0 aliphatic heterocycles. The van der Waals surface area contributed by atoms with Crippen LogP contribution in [0.5, 0.6) is 0 Å². The van der Waals surface area contributed by atoms with Gasteiger partial charge in [-0.05, 0) is 36.4 Å². The fraction of sp³-hybridized carbons (Fsp3) is 0.143. The third-order valence-corrected chi connectivity index (χ3v) is 4.27. The molecule has 3 N–H and O–H groups in total. The summed E-state index contributed by atoms with van der Waals surface area (Å²) in [7, 11) is -0.321. The van der Waals surface area contributed by atoms with E-state index in [4.69, 9.17) is 5.73 Å². The lowest BCUT2D eigenvalue weighted by molar-refractivity contribution is 0.571. The van der Waals surface area contributed by atoms with Crippen molar-refractivity contribution in [3.63, 3.8) is 0 Å². The predicted octanol–water partition coefficient (Wildman–Crippen LogP) is 2.27. The van der Waals surface area contributed by atoms with Crippen LogP contribution < -0.4 is 15.4 Å². The molecule has 2 aromatic carbocycles. The van der Waals surface area contributed by atoms with Crippen LogP contribution in [-0.4, -0.2) is 22.5 Å². The van der Waals surface area contributed by atoms with Crippen molar-refractivity contribution >= 4 is 27.1 Å². The van der Waals surface area contributed by atoms with Gasteiger partial charge >= 0.3 is 0 Å². The van der Waals surface area contributed by atoms with E-state index in [-0.39, 0.29) is 5.69 Å². The van der Waals surface area contributed by atoms with Crippen molar-refractivity contribution in [2.75, 3.05) is 29.5 Å². The molecule has 21 heavy (non-hydrogen) atoms. The number of nitrogens with zero attached hydrogens (tertiary/aromatic N) is 1. The number of nitrogen functional groups attached to an aromatic ring is 1. The minimum Gasteiger partial charge on any atom is -0.399 e. The normalized spacial score (nSPS) is 11.2. The summed E-state index contributed by atoms with van der Waals surface area (Å²) in [5, 5.41) is 0. The molecular formula is C14H16FN3O2S. The second-order valence-electron chi connectivity index (χ2n) is 4.74. The van der Waals surface area contributed by atoms with E-state index in [0.29, 0.717) is 5.69 Å². The van der Waals surface area contributed by atoms with E-state index in [1.54, 1.807) is 18.2 Å². The molecule has 0 aromatic heterocycles. The molecule has 112 valence electrons. The van der Waals surface area contributed by atoms with Crippen LogP contribution in [-0.2, 0) is 10.0 Å². The standard InChI is InChI=1S/C14H16FN3O2S/c1-18(2)12-5-3-4-11(9-12)17-21(19,20)14-7-6-10(16)8-13(14)15/h3-9,17H,16H2,1-2H3. The summed E-state index contributed by atoms with van der Waals surface area (Å²) in [5.74, 6) is -0.883. The van der Waals surface area contributed by atoms with Crippen molar-refractivity contribution in [3.05, 3.63) is 48.3 Å². The van der Waals surface area contributed by atoms with Crippen LogP contribution in [0.15, 0.2) is 47.4 Å². The number of benzene rings is 2. The third kappa shape index (κ3) is 3.43. The molecule has 2 aromatic rings. The number of nitrogens with one attached hydrogen (secondary N) is 1.